The molecule has 110 valence electrons. The zero-order chi connectivity index (χ0) is 14.1. The van der Waals surface area contributed by atoms with Crippen molar-refractivity contribution in [1.82, 2.24) is 4.90 Å². The molecule has 2 unspecified atom stereocenters. The van der Waals surface area contributed by atoms with Crippen molar-refractivity contribution in [2.24, 2.45) is 0 Å². The summed E-state index contributed by atoms with van der Waals surface area (Å²) in [7, 11) is 0. The van der Waals surface area contributed by atoms with E-state index in [9.17, 15) is 0 Å². The molecule has 2 fully saturated rings. The van der Waals surface area contributed by atoms with Crippen molar-refractivity contribution in [3.05, 3.63) is 18.2 Å². The van der Waals surface area contributed by atoms with Gasteiger partial charge in [-0.2, -0.15) is 0 Å². The minimum atomic E-state index is 0.168. The van der Waals surface area contributed by atoms with Crippen LogP contribution in [-0.2, 0) is 0 Å². The lowest BCUT2D eigenvalue weighted by Crippen LogP contribution is -2.33. The highest BCUT2D eigenvalue weighted by atomic mass is 16.5. The summed E-state index contributed by atoms with van der Waals surface area (Å²) >= 11 is 0. The van der Waals surface area contributed by atoms with E-state index in [4.69, 9.17) is 10.5 Å². The molecule has 1 aromatic carbocycles. The summed E-state index contributed by atoms with van der Waals surface area (Å²) in [4.78, 5) is 2.61. The van der Waals surface area contributed by atoms with Crippen molar-refractivity contribution < 1.29 is 4.74 Å². The van der Waals surface area contributed by atoms with E-state index in [1.807, 2.05) is 26.0 Å². The van der Waals surface area contributed by atoms with E-state index >= 15 is 0 Å². The van der Waals surface area contributed by atoms with Crippen molar-refractivity contribution in [3.63, 3.8) is 0 Å². The molecule has 2 aliphatic rings. The smallest absolute Gasteiger partial charge is 0.123 e. The topological polar surface area (TPSA) is 50.5 Å². The average molecular weight is 275 g/mol. The molecule has 0 spiro atoms. The Morgan fingerprint density at radius 1 is 1.25 bits per heavy atom. The first-order chi connectivity index (χ1) is 9.61. The number of benzene rings is 1. The summed E-state index contributed by atoms with van der Waals surface area (Å²) in [5.41, 5.74) is 7.82. The Morgan fingerprint density at radius 2 is 2.10 bits per heavy atom. The number of anilines is 2. The summed E-state index contributed by atoms with van der Waals surface area (Å²) < 4.78 is 5.76. The number of nitrogen functional groups attached to an aromatic ring is 1. The van der Waals surface area contributed by atoms with Crippen LogP contribution in [0.3, 0.4) is 0 Å². The number of nitrogens with zero attached hydrogens (tertiary/aromatic N) is 1. The highest BCUT2D eigenvalue weighted by Gasteiger charge is 2.36. The first kappa shape index (κ1) is 13.6. The first-order valence-corrected chi connectivity index (χ1v) is 7.69. The number of hydrogen-bond acceptors (Lipinski definition) is 4. The molecule has 2 aliphatic heterocycles. The predicted molar refractivity (Wildman–Crippen MR) is 83.2 cm³/mol. The highest BCUT2D eigenvalue weighted by Crippen LogP contribution is 2.31. The fourth-order valence-corrected chi connectivity index (χ4v) is 3.51. The Labute approximate surface area is 121 Å². The molecule has 4 heteroatoms. The van der Waals surface area contributed by atoms with Crippen LogP contribution in [-0.4, -0.2) is 36.2 Å². The van der Waals surface area contributed by atoms with Gasteiger partial charge in [0.15, 0.2) is 0 Å². The second kappa shape index (κ2) is 5.52. The van der Waals surface area contributed by atoms with Crippen LogP contribution in [0.5, 0.6) is 5.75 Å². The van der Waals surface area contributed by atoms with Crippen LogP contribution in [0.25, 0.3) is 0 Å². The van der Waals surface area contributed by atoms with Crippen LogP contribution in [0.1, 0.15) is 33.1 Å². The van der Waals surface area contributed by atoms with Gasteiger partial charge in [-0.3, -0.25) is 4.90 Å². The maximum atomic E-state index is 5.99. The average Bonchev–Trinajstić information content (AvgIpc) is 2.92. The Morgan fingerprint density at radius 3 is 2.90 bits per heavy atom. The molecule has 0 aromatic heterocycles. The predicted octanol–water partition coefficient (Wildman–Crippen LogP) is 2.70. The third-order valence-electron chi connectivity index (χ3n) is 4.26. The lowest BCUT2D eigenvalue weighted by atomic mass is 10.1. The van der Waals surface area contributed by atoms with Crippen molar-refractivity contribution in [2.75, 3.05) is 24.1 Å². The molecule has 3 rings (SSSR count). The molecule has 0 radical (unpaired) electrons. The summed E-state index contributed by atoms with van der Waals surface area (Å²) in [6.45, 7) is 6.55. The van der Waals surface area contributed by atoms with Gasteiger partial charge in [0.2, 0.25) is 0 Å². The number of ether oxygens (including phenoxy) is 1. The third-order valence-corrected chi connectivity index (χ3v) is 4.26. The number of fused-ring (bicyclic) bond motifs is 1. The van der Waals surface area contributed by atoms with Gasteiger partial charge in [-0.1, -0.05) is 0 Å². The van der Waals surface area contributed by atoms with E-state index in [0.717, 1.165) is 17.1 Å². The fraction of sp³-hybridized carbons (Fsp3) is 0.625. The van der Waals surface area contributed by atoms with Gasteiger partial charge >= 0.3 is 0 Å². The number of hydrogen-bond donors (Lipinski definition) is 2. The molecule has 2 atom stereocenters. The Balaban J connectivity index is 1.72. The quantitative estimate of drug-likeness (QED) is 0.830. The molecule has 0 saturated carbocycles. The highest BCUT2D eigenvalue weighted by molar-refractivity contribution is 5.59. The molecule has 3 N–H and O–H groups in total. The summed E-state index contributed by atoms with van der Waals surface area (Å²) in [5, 5.41) is 3.67. The Bertz CT molecular complexity index is 475. The maximum Gasteiger partial charge on any atom is 0.123 e. The molecule has 1 aromatic rings. The monoisotopic (exact) mass is 275 g/mol. The summed E-state index contributed by atoms with van der Waals surface area (Å²) in [5.74, 6) is 0.851. The van der Waals surface area contributed by atoms with Crippen molar-refractivity contribution in [3.8, 4) is 5.75 Å². The van der Waals surface area contributed by atoms with Gasteiger partial charge < -0.3 is 15.8 Å². The number of nitrogens with one attached hydrogen (secondary N) is 1. The molecule has 2 saturated heterocycles. The molecule has 20 heavy (non-hydrogen) atoms. The summed E-state index contributed by atoms with van der Waals surface area (Å²) in [6.07, 6.45) is 4.04. The molecule has 0 aliphatic carbocycles. The lowest BCUT2D eigenvalue weighted by molar-refractivity contribution is 0.242. The normalized spacial score (nSPS) is 25.9. The van der Waals surface area contributed by atoms with Gasteiger partial charge in [0.1, 0.15) is 5.75 Å². The van der Waals surface area contributed by atoms with Gasteiger partial charge in [-0.05, 0) is 45.7 Å². The van der Waals surface area contributed by atoms with Crippen molar-refractivity contribution in [2.45, 2.75) is 51.3 Å². The minimum Gasteiger partial charge on any atom is -0.491 e. The van der Waals surface area contributed by atoms with Gasteiger partial charge in [0, 0.05) is 42.1 Å². The second-order valence-electron chi connectivity index (χ2n) is 6.24. The van der Waals surface area contributed by atoms with Crippen LogP contribution in [0, 0.1) is 0 Å². The fourth-order valence-electron chi connectivity index (χ4n) is 3.51. The molecule has 0 amide bonds. The molecular weight excluding hydrogens is 250 g/mol. The van der Waals surface area contributed by atoms with Gasteiger partial charge in [0.25, 0.3) is 0 Å². The van der Waals surface area contributed by atoms with E-state index in [0.29, 0.717) is 12.1 Å². The molecule has 2 heterocycles. The van der Waals surface area contributed by atoms with Crippen molar-refractivity contribution in [1.29, 1.82) is 0 Å². The Kier molecular flexibility index (Phi) is 3.74. The zero-order valence-electron chi connectivity index (χ0n) is 12.4. The van der Waals surface area contributed by atoms with E-state index in [1.165, 1.54) is 32.4 Å². The van der Waals surface area contributed by atoms with Crippen LogP contribution in [0.15, 0.2) is 18.2 Å². The van der Waals surface area contributed by atoms with Gasteiger partial charge in [-0.25, -0.2) is 0 Å². The van der Waals surface area contributed by atoms with E-state index in [-0.39, 0.29) is 6.10 Å². The van der Waals surface area contributed by atoms with Gasteiger partial charge in [-0.15, -0.1) is 0 Å². The largest absolute Gasteiger partial charge is 0.491 e. The first-order valence-electron chi connectivity index (χ1n) is 7.69. The molecule has 4 nitrogen and oxygen atoms in total. The maximum absolute atomic E-state index is 5.99. The minimum absolute atomic E-state index is 0.168. The van der Waals surface area contributed by atoms with Crippen LogP contribution in [0.4, 0.5) is 11.4 Å². The summed E-state index contributed by atoms with van der Waals surface area (Å²) in [6, 6.07) is 7.21. The van der Waals surface area contributed by atoms with Crippen LogP contribution in [0.2, 0.25) is 0 Å². The van der Waals surface area contributed by atoms with E-state index in [2.05, 4.69) is 16.3 Å². The standard InChI is InChI=1S/C16H25N3O/c1-11(2)20-14-9-12(17)8-13(10-14)18-15-5-7-19-6-3-4-16(15)19/h8-11,15-16,18H,3-7,17H2,1-2H3. The molecule has 0 bridgehead atoms. The lowest BCUT2D eigenvalue weighted by Gasteiger charge is -2.23. The Hall–Kier alpha value is -1.42. The van der Waals surface area contributed by atoms with E-state index < -0.39 is 0 Å². The van der Waals surface area contributed by atoms with Gasteiger partial charge in [0.05, 0.1) is 6.10 Å². The van der Waals surface area contributed by atoms with E-state index in [1.54, 1.807) is 0 Å². The SMILES string of the molecule is CC(C)Oc1cc(N)cc(NC2CCN3CCCC23)c1. The van der Waals surface area contributed by atoms with Crippen molar-refractivity contribution >= 4 is 11.4 Å². The zero-order valence-corrected chi connectivity index (χ0v) is 12.4. The van der Waals surface area contributed by atoms with Crippen LogP contribution < -0.4 is 15.8 Å². The second-order valence-corrected chi connectivity index (χ2v) is 6.24. The van der Waals surface area contributed by atoms with Crippen LogP contribution >= 0.6 is 0 Å². The third kappa shape index (κ3) is 2.85. The number of nitrogens with two attached hydrogens (primary N) is 1. The molecular formula is C16H25N3O. The number of rotatable bonds is 4.